The Bertz CT molecular complexity index is 1280. The van der Waals surface area contributed by atoms with Crippen molar-refractivity contribution in [1.29, 1.82) is 10.7 Å². The van der Waals surface area contributed by atoms with Crippen LogP contribution < -0.4 is 21.6 Å². The molecule has 9 nitrogen and oxygen atoms in total. The Kier molecular flexibility index (Phi) is 6.12. The Morgan fingerprint density at radius 1 is 1.16 bits per heavy atom. The highest BCUT2D eigenvalue weighted by Gasteiger charge is 2.17. The molecule has 1 aliphatic heterocycles. The SMILES string of the molecule is N#C/C(=N\Nc1cc(-c2n[nH]c(=O)c3ccccc23)ccc1N1CCCCCC1)C(=N)N. The molecule has 5 N–H and O–H groups in total. The quantitative estimate of drug-likeness (QED) is 0.279. The third kappa shape index (κ3) is 4.30. The van der Waals surface area contributed by atoms with Crippen molar-refractivity contribution in [2.75, 3.05) is 23.4 Å². The molecular weight excluding hydrogens is 404 g/mol. The van der Waals surface area contributed by atoms with Gasteiger partial charge in [0.25, 0.3) is 5.56 Å². The van der Waals surface area contributed by atoms with Gasteiger partial charge >= 0.3 is 0 Å². The maximum atomic E-state index is 12.2. The van der Waals surface area contributed by atoms with Crippen molar-refractivity contribution in [3.05, 3.63) is 52.8 Å². The number of benzene rings is 2. The molecule has 0 atom stereocenters. The van der Waals surface area contributed by atoms with E-state index in [1.807, 2.05) is 42.5 Å². The first-order valence-corrected chi connectivity index (χ1v) is 10.5. The fraction of sp³-hybridized carbons (Fsp3) is 0.261. The standard InChI is InChI=1S/C23H24N8O/c24-14-19(22(25)26)28-27-18-13-15(9-10-20(18)31-11-5-1-2-6-12-31)21-16-7-3-4-8-17(16)23(32)30-29-21/h3-4,7-10,13,27H,1-2,5-6,11-12H2,(H3,25,26)(H,30,32)/b28-19+. The van der Waals surface area contributed by atoms with Crippen molar-refractivity contribution in [3.8, 4) is 17.3 Å². The lowest BCUT2D eigenvalue weighted by atomic mass is 10.0. The summed E-state index contributed by atoms with van der Waals surface area (Å²) in [4.78, 5) is 14.5. The first-order valence-electron chi connectivity index (χ1n) is 10.5. The van der Waals surface area contributed by atoms with Gasteiger partial charge in [-0.05, 0) is 31.0 Å². The number of hydrazone groups is 1. The molecule has 2 heterocycles. The van der Waals surface area contributed by atoms with E-state index in [4.69, 9.17) is 11.1 Å². The number of H-pyrrole nitrogens is 1. The van der Waals surface area contributed by atoms with Crippen LogP contribution in [0.5, 0.6) is 0 Å². The lowest BCUT2D eigenvalue weighted by Gasteiger charge is -2.25. The summed E-state index contributed by atoms with van der Waals surface area (Å²) in [6.45, 7) is 1.85. The van der Waals surface area contributed by atoms with Gasteiger partial charge in [-0.15, -0.1) is 0 Å². The molecule has 3 aromatic rings. The van der Waals surface area contributed by atoms with Crippen molar-refractivity contribution in [1.82, 2.24) is 10.2 Å². The predicted octanol–water partition coefficient (Wildman–Crippen LogP) is 3.20. The second-order valence-corrected chi connectivity index (χ2v) is 7.68. The highest BCUT2D eigenvalue weighted by molar-refractivity contribution is 6.45. The Hall–Kier alpha value is -4.19. The van der Waals surface area contributed by atoms with Crippen molar-refractivity contribution in [2.24, 2.45) is 10.8 Å². The lowest BCUT2D eigenvalue weighted by Crippen LogP contribution is -2.25. The van der Waals surface area contributed by atoms with Crippen LogP contribution in [0.25, 0.3) is 22.0 Å². The van der Waals surface area contributed by atoms with Crippen LogP contribution in [0.2, 0.25) is 0 Å². The number of anilines is 2. The topological polar surface area (TPSA) is 147 Å². The van der Waals surface area contributed by atoms with Gasteiger partial charge in [-0.2, -0.15) is 15.5 Å². The molecule has 4 rings (SSSR count). The molecule has 0 radical (unpaired) electrons. The minimum Gasteiger partial charge on any atom is -0.382 e. The maximum absolute atomic E-state index is 12.2. The van der Waals surface area contributed by atoms with Crippen LogP contribution in [-0.4, -0.2) is 34.8 Å². The summed E-state index contributed by atoms with van der Waals surface area (Å²) >= 11 is 0. The monoisotopic (exact) mass is 428 g/mol. The average Bonchev–Trinajstić information content (AvgIpc) is 3.09. The van der Waals surface area contributed by atoms with Gasteiger partial charge in [0.1, 0.15) is 6.07 Å². The highest BCUT2D eigenvalue weighted by atomic mass is 16.1. The summed E-state index contributed by atoms with van der Waals surface area (Å²) in [7, 11) is 0. The van der Waals surface area contributed by atoms with Crippen molar-refractivity contribution in [3.63, 3.8) is 0 Å². The number of amidine groups is 1. The summed E-state index contributed by atoms with van der Waals surface area (Å²) < 4.78 is 0. The van der Waals surface area contributed by atoms with Gasteiger partial charge in [0.05, 0.1) is 22.5 Å². The normalized spacial score (nSPS) is 14.6. The molecule has 162 valence electrons. The minimum absolute atomic E-state index is 0.190. The Labute approximate surface area is 185 Å². The van der Waals surface area contributed by atoms with Gasteiger partial charge in [-0.3, -0.25) is 15.6 Å². The average molecular weight is 429 g/mol. The fourth-order valence-electron chi connectivity index (χ4n) is 3.96. The van der Waals surface area contributed by atoms with Gasteiger partial charge in [0, 0.05) is 24.0 Å². The molecule has 0 unspecified atom stereocenters. The first-order chi connectivity index (χ1) is 15.6. The number of aromatic amines is 1. The zero-order valence-corrected chi connectivity index (χ0v) is 17.6. The molecule has 1 aliphatic rings. The zero-order chi connectivity index (χ0) is 22.5. The number of rotatable bonds is 5. The summed E-state index contributed by atoms with van der Waals surface area (Å²) in [5, 5.41) is 28.9. The number of nitrogens with one attached hydrogen (secondary N) is 3. The molecule has 32 heavy (non-hydrogen) atoms. The molecule has 9 heteroatoms. The van der Waals surface area contributed by atoms with Crippen LogP contribution in [0.15, 0.2) is 52.4 Å². The van der Waals surface area contributed by atoms with Crippen LogP contribution in [0.1, 0.15) is 25.7 Å². The maximum Gasteiger partial charge on any atom is 0.272 e. The van der Waals surface area contributed by atoms with E-state index < -0.39 is 5.84 Å². The third-order valence-corrected chi connectivity index (χ3v) is 5.56. The van der Waals surface area contributed by atoms with E-state index in [1.54, 1.807) is 6.07 Å². The zero-order valence-electron chi connectivity index (χ0n) is 17.6. The molecular formula is C23H24N8O. The van der Waals surface area contributed by atoms with E-state index in [-0.39, 0.29) is 11.3 Å². The number of fused-ring (bicyclic) bond motifs is 1. The third-order valence-electron chi connectivity index (χ3n) is 5.56. The minimum atomic E-state index is -0.402. The van der Waals surface area contributed by atoms with Crippen LogP contribution in [0.3, 0.4) is 0 Å². The van der Waals surface area contributed by atoms with Crippen molar-refractivity contribution < 1.29 is 0 Å². The Morgan fingerprint density at radius 2 is 1.88 bits per heavy atom. The largest absolute Gasteiger partial charge is 0.382 e. The fourth-order valence-corrected chi connectivity index (χ4v) is 3.96. The van der Waals surface area contributed by atoms with E-state index in [1.165, 1.54) is 12.8 Å². The van der Waals surface area contributed by atoms with Gasteiger partial charge in [0.2, 0.25) is 5.71 Å². The Balaban J connectivity index is 1.82. The molecule has 0 saturated carbocycles. The van der Waals surface area contributed by atoms with Gasteiger partial charge < -0.3 is 10.6 Å². The van der Waals surface area contributed by atoms with E-state index in [0.29, 0.717) is 16.8 Å². The lowest BCUT2D eigenvalue weighted by molar-refractivity contribution is 0.726. The van der Waals surface area contributed by atoms with Crippen LogP contribution in [-0.2, 0) is 0 Å². The van der Waals surface area contributed by atoms with Crippen molar-refractivity contribution >= 4 is 33.7 Å². The number of nitrogens with zero attached hydrogens (tertiary/aromatic N) is 4. The second-order valence-electron chi connectivity index (χ2n) is 7.68. The molecule has 1 saturated heterocycles. The summed E-state index contributed by atoms with van der Waals surface area (Å²) in [6, 6.07) is 15.0. The van der Waals surface area contributed by atoms with Gasteiger partial charge in [-0.25, -0.2) is 5.10 Å². The molecule has 1 aromatic heterocycles. The number of aromatic nitrogens is 2. The predicted molar refractivity (Wildman–Crippen MR) is 127 cm³/mol. The second kappa shape index (κ2) is 9.31. The number of nitrogens with two attached hydrogens (primary N) is 1. The van der Waals surface area contributed by atoms with Crippen LogP contribution in [0.4, 0.5) is 11.4 Å². The molecule has 2 aromatic carbocycles. The molecule has 1 fully saturated rings. The molecule has 0 aliphatic carbocycles. The summed E-state index contributed by atoms with van der Waals surface area (Å²) in [5.41, 5.74) is 11.0. The molecule has 0 bridgehead atoms. The van der Waals surface area contributed by atoms with Crippen molar-refractivity contribution in [2.45, 2.75) is 25.7 Å². The van der Waals surface area contributed by atoms with E-state index in [9.17, 15) is 10.1 Å². The number of hydrogen-bond acceptors (Lipinski definition) is 7. The van der Waals surface area contributed by atoms with E-state index in [0.717, 1.165) is 42.6 Å². The van der Waals surface area contributed by atoms with Gasteiger partial charge in [0.15, 0.2) is 5.84 Å². The van der Waals surface area contributed by atoms with Crippen LogP contribution in [0, 0.1) is 16.7 Å². The van der Waals surface area contributed by atoms with E-state index >= 15 is 0 Å². The van der Waals surface area contributed by atoms with Crippen LogP contribution >= 0.6 is 0 Å². The summed E-state index contributed by atoms with van der Waals surface area (Å²) in [5.74, 6) is -0.402. The smallest absolute Gasteiger partial charge is 0.272 e. The van der Waals surface area contributed by atoms with E-state index in [2.05, 4.69) is 25.6 Å². The highest BCUT2D eigenvalue weighted by Crippen LogP contribution is 2.34. The molecule has 0 spiro atoms. The first kappa shape index (κ1) is 21.1. The molecule has 0 amide bonds. The van der Waals surface area contributed by atoms with Gasteiger partial charge in [-0.1, -0.05) is 37.1 Å². The number of hydrogen-bond donors (Lipinski definition) is 4. The Morgan fingerprint density at radius 3 is 2.56 bits per heavy atom. The summed E-state index contributed by atoms with van der Waals surface area (Å²) in [6.07, 6.45) is 4.61. The number of nitriles is 1.